The summed E-state index contributed by atoms with van der Waals surface area (Å²) in [6, 6.07) is 0. The maximum absolute atomic E-state index is 11.9. The minimum absolute atomic E-state index is 0.214. The molecule has 92 valence electrons. The predicted octanol–water partition coefficient (Wildman–Crippen LogP) is 1.04. The number of rotatable bonds is 0. The molecule has 0 saturated heterocycles. The maximum atomic E-state index is 11.9. The summed E-state index contributed by atoms with van der Waals surface area (Å²) in [5.41, 5.74) is -0.898. The monoisotopic (exact) mass is 298 g/mol. The molecule has 0 aliphatic rings. The Morgan fingerprint density at radius 3 is 1.72 bits per heavy atom. The largest absolute Gasteiger partial charge is 0.300 e. The summed E-state index contributed by atoms with van der Waals surface area (Å²) in [7, 11) is 3.02. The molecule has 0 spiro atoms. The van der Waals surface area contributed by atoms with Crippen molar-refractivity contribution in [1.82, 2.24) is 9.13 Å². The standard InChI is InChI=1S/C10H6N2O3S3/c1-11-7(13)3-4(8(11)14)18-6-5(17-3)9(15)12(2)10(6)16/h1-2H3. The van der Waals surface area contributed by atoms with Crippen LogP contribution < -0.4 is 16.7 Å². The van der Waals surface area contributed by atoms with Crippen molar-refractivity contribution in [2.75, 3.05) is 0 Å². The lowest BCUT2D eigenvalue weighted by Crippen LogP contribution is -2.20. The van der Waals surface area contributed by atoms with E-state index in [2.05, 4.69) is 0 Å². The number of aromatic nitrogens is 2. The first-order valence-corrected chi connectivity index (χ1v) is 6.96. The van der Waals surface area contributed by atoms with Crippen LogP contribution in [0.4, 0.5) is 0 Å². The van der Waals surface area contributed by atoms with Crippen molar-refractivity contribution < 1.29 is 0 Å². The van der Waals surface area contributed by atoms with E-state index in [4.69, 9.17) is 12.2 Å². The quantitative estimate of drug-likeness (QED) is 0.582. The molecule has 5 nitrogen and oxygen atoms in total. The van der Waals surface area contributed by atoms with Crippen LogP contribution in [0.1, 0.15) is 0 Å². The molecule has 3 aromatic heterocycles. The second kappa shape index (κ2) is 3.56. The molecule has 0 aromatic carbocycles. The van der Waals surface area contributed by atoms with Crippen LogP contribution in [0.3, 0.4) is 0 Å². The average molecular weight is 298 g/mol. The molecular formula is C10H6N2O3S3. The zero-order chi connectivity index (χ0) is 13.2. The minimum Gasteiger partial charge on any atom is -0.300 e. The van der Waals surface area contributed by atoms with E-state index in [1.54, 1.807) is 7.05 Å². The van der Waals surface area contributed by atoms with Crippen molar-refractivity contribution in [3.05, 3.63) is 35.7 Å². The van der Waals surface area contributed by atoms with Crippen LogP contribution in [-0.2, 0) is 14.1 Å². The van der Waals surface area contributed by atoms with Gasteiger partial charge in [0.2, 0.25) is 0 Å². The Balaban J connectivity index is 2.78. The van der Waals surface area contributed by atoms with Crippen LogP contribution in [0, 0.1) is 4.64 Å². The Hall–Kier alpha value is -1.38. The molecule has 3 rings (SSSR count). The van der Waals surface area contributed by atoms with E-state index in [0.717, 1.165) is 27.2 Å². The molecule has 0 N–H and O–H groups in total. The van der Waals surface area contributed by atoms with Crippen molar-refractivity contribution in [1.29, 1.82) is 0 Å². The van der Waals surface area contributed by atoms with E-state index in [1.807, 2.05) is 0 Å². The molecule has 0 radical (unpaired) electrons. The fourth-order valence-corrected chi connectivity index (χ4v) is 4.66. The molecule has 0 amide bonds. The van der Waals surface area contributed by atoms with E-state index in [0.29, 0.717) is 23.4 Å². The lowest BCUT2D eigenvalue weighted by molar-refractivity contribution is 0.858. The van der Waals surface area contributed by atoms with E-state index in [1.165, 1.54) is 11.6 Å². The van der Waals surface area contributed by atoms with Crippen molar-refractivity contribution in [3.63, 3.8) is 0 Å². The summed E-state index contributed by atoms with van der Waals surface area (Å²) in [5.74, 6) is 0. The topological polar surface area (TPSA) is 61.1 Å². The normalized spacial score (nSPS) is 11.7. The molecule has 8 heteroatoms. The van der Waals surface area contributed by atoms with Crippen molar-refractivity contribution >= 4 is 53.7 Å². The smallest absolute Gasteiger partial charge is 0.272 e. The molecule has 0 fully saturated rings. The summed E-state index contributed by atoms with van der Waals surface area (Å²) in [6.07, 6.45) is 0. The second-order valence-corrected chi connectivity index (χ2v) is 6.29. The van der Waals surface area contributed by atoms with Gasteiger partial charge in [0, 0.05) is 14.1 Å². The van der Waals surface area contributed by atoms with Gasteiger partial charge in [0.15, 0.2) is 0 Å². The van der Waals surface area contributed by atoms with Gasteiger partial charge in [0.05, 0.1) is 4.70 Å². The van der Waals surface area contributed by atoms with Crippen LogP contribution in [-0.4, -0.2) is 9.13 Å². The fourth-order valence-electron chi connectivity index (χ4n) is 1.75. The molecule has 0 unspecified atom stereocenters. The van der Waals surface area contributed by atoms with E-state index < -0.39 is 0 Å². The second-order valence-electron chi connectivity index (χ2n) is 3.86. The molecule has 18 heavy (non-hydrogen) atoms. The first-order valence-electron chi connectivity index (χ1n) is 4.92. The molecule has 0 aliphatic heterocycles. The van der Waals surface area contributed by atoms with Crippen LogP contribution in [0.5, 0.6) is 0 Å². The highest BCUT2D eigenvalue weighted by molar-refractivity contribution is 7.72. The number of fused-ring (bicyclic) bond motifs is 2. The highest BCUT2D eigenvalue weighted by Gasteiger charge is 2.17. The Bertz CT molecular complexity index is 863. The number of nitrogens with zero attached hydrogens (tertiary/aromatic N) is 2. The van der Waals surface area contributed by atoms with E-state index in [9.17, 15) is 14.4 Å². The van der Waals surface area contributed by atoms with Gasteiger partial charge in [0.25, 0.3) is 16.7 Å². The summed E-state index contributed by atoms with van der Waals surface area (Å²) in [6.45, 7) is 0. The summed E-state index contributed by atoms with van der Waals surface area (Å²) in [4.78, 5) is 35.6. The van der Waals surface area contributed by atoms with Gasteiger partial charge in [-0.15, -0.1) is 22.7 Å². The van der Waals surface area contributed by atoms with Gasteiger partial charge in [-0.05, 0) is 0 Å². The highest BCUT2D eigenvalue weighted by Crippen LogP contribution is 2.28. The van der Waals surface area contributed by atoms with Gasteiger partial charge in [-0.3, -0.25) is 19.0 Å². The number of hydrogen-bond donors (Lipinski definition) is 0. The zero-order valence-electron chi connectivity index (χ0n) is 9.34. The summed E-state index contributed by atoms with van der Waals surface area (Å²) in [5, 5.41) is 0. The molecule has 0 atom stereocenters. The lowest BCUT2D eigenvalue weighted by Gasteiger charge is -1.85. The molecular weight excluding hydrogens is 292 g/mol. The highest BCUT2D eigenvalue weighted by atomic mass is 32.1. The Morgan fingerprint density at radius 2 is 1.17 bits per heavy atom. The zero-order valence-corrected chi connectivity index (χ0v) is 11.8. The molecule has 3 heterocycles. The average Bonchev–Trinajstić information content (AvgIpc) is 2.71. The molecule has 0 bridgehead atoms. The SMILES string of the molecule is Cn1c(=O)c2sc3c(=O)n(C)c(=S)c3sc2c1=O. The molecule has 0 saturated carbocycles. The lowest BCUT2D eigenvalue weighted by atomic mass is 10.6. The van der Waals surface area contributed by atoms with Gasteiger partial charge in [-0.2, -0.15) is 0 Å². The molecule has 3 aromatic rings. The Morgan fingerprint density at radius 1 is 0.778 bits per heavy atom. The Labute approximate surface area is 113 Å². The third-order valence-electron chi connectivity index (χ3n) is 2.82. The van der Waals surface area contributed by atoms with E-state index in [-0.39, 0.29) is 16.7 Å². The van der Waals surface area contributed by atoms with Crippen LogP contribution in [0.25, 0.3) is 18.8 Å². The first kappa shape index (κ1) is 11.7. The molecule has 0 aliphatic carbocycles. The van der Waals surface area contributed by atoms with Gasteiger partial charge < -0.3 is 4.57 Å². The van der Waals surface area contributed by atoms with Gasteiger partial charge in [0.1, 0.15) is 18.7 Å². The van der Waals surface area contributed by atoms with Crippen LogP contribution in [0.15, 0.2) is 14.4 Å². The number of hydrogen-bond acceptors (Lipinski definition) is 6. The van der Waals surface area contributed by atoms with Crippen LogP contribution in [0.2, 0.25) is 0 Å². The summed E-state index contributed by atoms with van der Waals surface area (Å²) >= 11 is 7.33. The fraction of sp³-hybridized carbons (Fsp3) is 0.200. The van der Waals surface area contributed by atoms with Gasteiger partial charge in [-0.1, -0.05) is 12.2 Å². The third kappa shape index (κ3) is 1.25. The van der Waals surface area contributed by atoms with Crippen molar-refractivity contribution in [2.45, 2.75) is 0 Å². The predicted molar refractivity (Wildman–Crippen MR) is 76.0 cm³/mol. The van der Waals surface area contributed by atoms with Crippen LogP contribution >= 0.6 is 34.9 Å². The van der Waals surface area contributed by atoms with Gasteiger partial charge >= 0.3 is 0 Å². The van der Waals surface area contributed by atoms with E-state index >= 15 is 0 Å². The van der Waals surface area contributed by atoms with Crippen molar-refractivity contribution in [3.8, 4) is 0 Å². The first-order chi connectivity index (χ1) is 8.43. The summed E-state index contributed by atoms with van der Waals surface area (Å²) < 4.78 is 4.59. The third-order valence-corrected chi connectivity index (χ3v) is 6.03. The Kier molecular flexibility index (Phi) is 2.31. The minimum atomic E-state index is -0.354. The van der Waals surface area contributed by atoms with Crippen molar-refractivity contribution in [2.24, 2.45) is 14.1 Å². The van der Waals surface area contributed by atoms with Gasteiger partial charge in [-0.25, -0.2) is 0 Å². The maximum Gasteiger partial charge on any atom is 0.272 e.